The molecule has 0 aliphatic carbocycles. The van der Waals surface area contributed by atoms with E-state index in [4.69, 9.17) is 13.9 Å². The topological polar surface area (TPSA) is 58.4 Å². The van der Waals surface area contributed by atoms with Crippen molar-refractivity contribution >= 4 is 11.0 Å². The molecule has 0 amide bonds. The molecule has 1 aromatic heterocycles. The molecular weight excluding hydrogens is 358 g/mol. The highest BCUT2D eigenvalue weighted by Gasteiger charge is 2.21. The molecule has 0 spiro atoms. The van der Waals surface area contributed by atoms with Crippen molar-refractivity contribution in [2.75, 3.05) is 72.7 Å². The normalized spacial score (nSPS) is 19.9. The molecule has 0 bridgehead atoms. The summed E-state index contributed by atoms with van der Waals surface area (Å²) < 4.78 is 17.6. The molecule has 2 saturated heterocycles. The number of fused-ring (bicyclic) bond motifs is 1. The fraction of sp³-hybridized carbons (Fsp3) is 0.571. The first-order valence-electron chi connectivity index (χ1n) is 10.1. The van der Waals surface area contributed by atoms with E-state index in [1.54, 1.807) is 6.07 Å². The third kappa shape index (κ3) is 4.55. The molecule has 28 heavy (non-hydrogen) atoms. The number of likely N-dealkylation sites (N-methyl/N-ethyl adjacent to an activating group) is 1. The molecule has 0 radical (unpaired) electrons. The average Bonchev–Trinajstić information content (AvgIpc) is 2.72. The van der Waals surface area contributed by atoms with Crippen molar-refractivity contribution in [1.29, 1.82) is 0 Å². The van der Waals surface area contributed by atoms with Gasteiger partial charge in [-0.2, -0.15) is 0 Å². The van der Waals surface area contributed by atoms with Crippen LogP contribution >= 0.6 is 0 Å². The molecule has 2 fully saturated rings. The minimum absolute atomic E-state index is 0.0801. The highest BCUT2D eigenvalue weighted by Crippen LogP contribution is 2.23. The number of hydrogen-bond donors (Lipinski definition) is 0. The van der Waals surface area contributed by atoms with Gasteiger partial charge in [0, 0.05) is 45.8 Å². The minimum Gasteiger partial charge on any atom is -0.485 e. The second-order valence-corrected chi connectivity index (χ2v) is 7.56. The summed E-state index contributed by atoms with van der Waals surface area (Å²) in [6.45, 7) is 9.15. The van der Waals surface area contributed by atoms with Gasteiger partial charge >= 0.3 is 0 Å². The molecule has 7 heteroatoms. The number of morpholine rings is 1. The molecule has 152 valence electrons. The van der Waals surface area contributed by atoms with E-state index >= 15 is 0 Å². The largest absolute Gasteiger partial charge is 0.485 e. The van der Waals surface area contributed by atoms with Crippen molar-refractivity contribution in [2.45, 2.75) is 6.54 Å². The Kier molecular flexibility index (Phi) is 6.26. The Bertz CT molecular complexity index is 839. The van der Waals surface area contributed by atoms with Gasteiger partial charge in [0.15, 0.2) is 5.76 Å². The predicted molar refractivity (Wildman–Crippen MR) is 108 cm³/mol. The molecule has 3 heterocycles. The van der Waals surface area contributed by atoms with Crippen molar-refractivity contribution in [3.63, 3.8) is 0 Å². The molecule has 7 nitrogen and oxygen atoms in total. The maximum atomic E-state index is 13.1. The van der Waals surface area contributed by atoms with Crippen molar-refractivity contribution in [3.8, 4) is 5.75 Å². The number of ether oxygens (including phenoxy) is 2. The monoisotopic (exact) mass is 387 g/mol. The summed E-state index contributed by atoms with van der Waals surface area (Å²) in [5.74, 6) is 0.975. The Morgan fingerprint density at radius 2 is 1.75 bits per heavy atom. The molecule has 2 aromatic rings. The van der Waals surface area contributed by atoms with E-state index in [0.29, 0.717) is 48.8 Å². The molecular formula is C21H29N3O4. The Balaban J connectivity index is 1.51. The lowest BCUT2D eigenvalue weighted by Gasteiger charge is -2.32. The second kappa shape index (κ2) is 9.05. The lowest BCUT2D eigenvalue weighted by atomic mass is 10.2. The number of piperazine rings is 1. The summed E-state index contributed by atoms with van der Waals surface area (Å²) in [5.41, 5.74) is 0.533. The molecule has 2 aliphatic rings. The number of rotatable bonds is 6. The smallest absolute Gasteiger partial charge is 0.234 e. The van der Waals surface area contributed by atoms with Crippen LogP contribution in [0.3, 0.4) is 0 Å². The van der Waals surface area contributed by atoms with Crippen LogP contribution in [0.1, 0.15) is 5.76 Å². The lowest BCUT2D eigenvalue weighted by molar-refractivity contribution is 0.0306. The quantitative estimate of drug-likeness (QED) is 0.739. The maximum Gasteiger partial charge on any atom is 0.234 e. The van der Waals surface area contributed by atoms with Gasteiger partial charge in [-0.1, -0.05) is 12.1 Å². The van der Waals surface area contributed by atoms with E-state index in [1.807, 2.05) is 18.2 Å². The van der Waals surface area contributed by atoms with Gasteiger partial charge in [0.25, 0.3) is 0 Å². The van der Waals surface area contributed by atoms with Crippen LogP contribution in [0.4, 0.5) is 0 Å². The zero-order valence-corrected chi connectivity index (χ0v) is 16.6. The van der Waals surface area contributed by atoms with Crippen molar-refractivity contribution in [3.05, 3.63) is 40.2 Å². The van der Waals surface area contributed by atoms with Gasteiger partial charge in [-0.15, -0.1) is 0 Å². The molecule has 1 aromatic carbocycles. The highest BCUT2D eigenvalue weighted by molar-refractivity contribution is 5.77. The average molecular weight is 387 g/mol. The maximum absolute atomic E-state index is 13.1. The lowest BCUT2D eigenvalue weighted by Crippen LogP contribution is -2.45. The number of nitrogens with zero attached hydrogens (tertiary/aromatic N) is 3. The Morgan fingerprint density at radius 1 is 1.00 bits per heavy atom. The minimum atomic E-state index is -0.0801. The molecule has 0 N–H and O–H groups in total. The van der Waals surface area contributed by atoms with E-state index in [2.05, 4.69) is 21.7 Å². The summed E-state index contributed by atoms with van der Waals surface area (Å²) in [6.07, 6.45) is 0. The number of benzene rings is 1. The third-order valence-electron chi connectivity index (χ3n) is 5.55. The molecule has 0 unspecified atom stereocenters. The van der Waals surface area contributed by atoms with E-state index in [-0.39, 0.29) is 5.43 Å². The van der Waals surface area contributed by atoms with Gasteiger partial charge in [0.1, 0.15) is 12.2 Å². The van der Waals surface area contributed by atoms with E-state index in [9.17, 15) is 4.79 Å². The Morgan fingerprint density at radius 3 is 2.54 bits per heavy atom. The number of para-hydroxylation sites is 1. The molecule has 0 saturated carbocycles. The Hall–Kier alpha value is -1.93. The van der Waals surface area contributed by atoms with Gasteiger partial charge in [-0.25, -0.2) is 0 Å². The fourth-order valence-corrected chi connectivity index (χ4v) is 3.73. The van der Waals surface area contributed by atoms with Gasteiger partial charge in [0.2, 0.25) is 11.2 Å². The first-order valence-corrected chi connectivity index (χ1v) is 10.1. The van der Waals surface area contributed by atoms with Gasteiger partial charge in [-0.3, -0.25) is 14.6 Å². The van der Waals surface area contributed by atoms with Crippen LogP contribution in [-0.4, -0.2) is 87.4 Å². The SMILES string of the molecule is CN1CCN(CCOc2c(CN3CCOCC3)oc3ccccc3c2=O)CC1. The number of hydrogen-bond acceptors (Lipinski definition) is 7. The van der Waals surface area contributed by atoms with E-state index in [1.165, 1.54) is 0 Å². The van der Waals surface area contributed by atoms with Crippen LogP contribution in [0, 0.1) is 0 Å². The molecule has 2 aliphatic heterocycles. The predicted octanol–water partition coefficient (Wildman–Crippen LogP) is 1.25. The van der Waals surface area contributed by atoms with Crippen molar-refractivity contribution in [2.24, 2.45) is 0 Å². The van der Waals surface area contributed by atoms with E-state index in [0.717, 1.165) is 45.8 Å². The first kappa shape index (κ1) is 19.4. The van der Waals surface area contributed by atoms with Crippen LogP contribution in [-0.2, 0) is 11.3 Å². The zero-order chi connectivity index (χ0) is 19.3. The molecule has 4 rings (SSSR count). The van der Waals surface area contributed by atoms with Gasteiger partial charge in [-0.05, 0) is 19.2 Å². The van der Waals surface area contributed by atoms with Crippen LogP contribution < -0.4 is 10.2 Å². The van der Waals surface area contributed by atoms with Crippen molar-refractivity contribution < 1.29 is 13.9 Å². The van der Waals surface area contributed by atoms with Crippen LogP contribution in [0.5, 0.6) is 5.75 Å². The summed E-state index contributed by atoms with van der Waals surface area (Å²) in [5, 5.41) is 0.572. The highest BCUT2D eigenvalue weighted by atomic mass is 16.5. The standard InChI is InChI=1S/C21H29N3O4/c1-22-6-8-23(9-7-22)12-15-27-21-19(16-24-10-13-26-14-11-24)28-18-5-3-2-4-17(18)20(21)25/h2-5H,6-16H2,1H3. The fourth-order valence-electron chi connectivity index (χ4n) is 3.73. The summed E-state index contributed by atoms with van der Waals surface area (Å²) >= 11 is 0. The van der Waals surface area contributed by atoms with Gasteiger partial charge in [0.05, 0.1) is 25.1 Å². The molecule has 0 atom stereocenters. The first-order chi connectivity index (χ1) is 13.7. The summed E-state index contributed by atoms with van der Waals surface area (Å²) in [7, 11) is 2.14. The summed E-state index contributed by atoms with van der Waals surface area (Å²) in [4.78, 5) is 20.0. The van der Waals surface area contributed by atoms with E-state index < -0.39 is 0 Å². The second-order valence-electron chi connectivity index (χ2n) is 7.56. The van der Waals surface area contributed by atoms with Crippen LogP contribution in [0.15, 0.2) is 33.5 Å². The third-order valence-corrected chi connectivity index (χ3v) is 5.55. The van der Waals surface area contributed by atoms with Gasteiger partial charge < -0.3 is 18.8 Å². The van der Waals surface area contributed by atoms with Crippen LogP contribution in [0.2, 0.25) is 0 Å². The van der Waals surface area contributed by atoms with Crippen molar-refractivity contribution in [1.82, 2.24) is 14.7 Å². The zero-order valence-electron chi connectivity index (χ0n) is 16.6. The van der Waals surface area contributed by atoms with Crippen LogP contribution in [0.25, 0.3) is 11.0 Å². The Labute approximate surface area is 165 Å². The summed E-state index contributed by atoms with van der Waals surface area (Å²) in [6, 6.07) is 7.38.